The van der Waals surface area contributed by atoms with Crippen LogP contribution in [0.2, 0.25) is 0 Å². The zero-order chi connectivity index (χ0) is 25.2. The summed E-state index contributed by atoms with van der Waals surface area (Å²) in [6.45, 7) is 5.23. The summed E-state index contributed by atoms with van der Waals surface area (Å²) in [5, 5.41) is -5.48. The first kappa shape index (κ1) is 25.4. The van der Waals surface area contributed by atoms with E-state index in [-0.39, 0.29) is 24.7 Å². The second-order valence-corrected chi connectivity index (χ2v) is 11.5. The van der Waals surface area contributed by atoms with Crippen LogP contribution < -0.4 is 4.74 Å². The van der Waals surface area contributed by atoms with Crippen LogP contribution in [0.3, 0.4) is 0 Å². The van der Waals surface area contributed by atoms with Crippen molar-refractivity contribution in [2.24, 2.45) is 23.2 Å². The van der Waals surface area contributed by atoms with Crippen molar-refractivity contribution >= 4 is 16.2 Å². The molecule has 0 heterocycles. The van der Waals surface area contributed by atoms with Crippen molar-refractivity contribution in [2.45, 2.75) is 68.8 Å². The second kappa shape index (κ2) is 8.16. The van der Waals surface area contributed by atoms with E-state index in [1.165, 1.54) is 0 Å². The van der Waals surface area contributed by atoms with E-state index in [1.807, 2.05) is 0 Å². The standard InChI is InChI=1S/C23H27F5O5S/c1-3-15-4-6-18(7-5-15)32-14(2)33-21-11-16-8-17(12-21)10-20(9-16,13-21)19(22(24,25)26)23(27,28)34(29,30)31/h3-7,14,16-17,19H,1,8-13H2,2H3,(H,29,30,31)/p-1. The van der Waals surface area contributed by atoms with Crippen molar-refractivity contribution < 1.29 is 44.4 Å². The molecule has 0 amide bonds. The van der Waals surface area contributed by atoms with E-state index in [0.29, 0.717) is 25.0 Å². The summed E-state index contributed by atoms with van der Waals surface area (Å²) in [6, 6.07) is 6.87. The molecular formula is C23H26F5O5S-. The van der Waals surface area contributed by atoms with Gasteiger partial charge in [-0.05, 0) is 80.4 Å². The molecule has 0 aliphatic heterocycles. The summed E-state index contributed by atoms with van der Waals surface area (Å²) in [5.74, 6) is -3.81. The van der Waals surface area contributed by atoms with Gasteiger partial charge in [0.15, 0.2) is 16.4 Å². The van der Waals surface area contributed by atoms with Gasteiger partial charge < -0.3 is 14.0 Å². The molecule has 4 aliphatic rings. The highest BCUT2D eigenvalue weighted by Gasteiger charge is 2.73. The van der Waals surface area contributed by atoms with Crippen molar-refractivity contribution in [3.8, 4) is 5.75 Å². The highest BCUT2D eigenvalue weighted by atomic mass is 32.2. The van der Waals surface area contributed by atoms with Crippen LogP contribution in [0.5, 0.6) is 5.75 Å². The SMILES string of the molecule is C=Cc1ccc(OC(C)OC23CC4CC(C2)CC(C(C(F)(F)F)C(F)(F)S(=O)(=O)[O-])(C4)C3)cc1. The number of rotatable bonds is 8. The molecule has 0 aromatic heterocycles. The van der Waals surface area contributed by atoms with Crippen molar-refractivity contribution in [2.75, 3.05) is 0 Å². The lowest BCUT2D eigenvalue weighted by Crippen LogP contribution is -2.65. The van der Waals surface area contributed by atoms with E-state index in [2.05, 4.69) is 6.58 Å². The summed E-state index contributed by atoms with van der Waals surface area (Å²) < 4.78 is 117. The number of hydrogen-bond acceptors (Lipinski definition) is 5. The molecule has 34 heavy (non-hydrogen) atoms. The maximum absolute atomic E-state index is 14.6. The minimum atomic E-state index is -6.54. The Morgan fingerprint density at radius 1 is 1.09 bits per heavy atom. The van der Waals surface area contributed by atoms with Gasteiger partial charge in [-0.1, -0.05) is 24.8 Å². The largest absolute Gasteiger partial charge is 0.743 e. The quantitative estimate of drug-likeness (QED) is 0.254. The zero-order valence-corrected chi connectivity index (χ0v) is 19.3. The number of alkyl halides is 5. The fraction of sp³-hybridized carbons (Fsp3) is 0.652. The molecule has 0 spiro atoms. The van der Waals surface area contributed by atoms with Crippen molar-refractivity contribution in [1.82, 2.24) is 0 Å². The van der Waals surface area contributed by atoms with Crippen LogP contribution in [-0.2, 0) is 14.9 Å². The molecule has 4 saturated carbocycles. The van der Waals surface area contributed by atoms with Crippen LogP contribution in [0.25, 0.3) is 6.08 Å². The average molecular weight is 510 g/mol. The van der Waals surface area contributed by atoms with Gasteiger partial charge in [-0.25, -0.2) is 8.42 Å². The fourth-order valence-corrected chi connectivity index (χ4v) is 7.68. The second-order valence-electron chi connectivity index (χ2n) is 10.1. The lowest BCUT2D eigenvalue weighted by Gasteiger charge is -2.64. The van der Waals surface area contributed by atoms with Crippen LogP contribution in [-0.4, -0.2) is 36.3 Å². The maximum atomic E-state index is 14.6. The van der Waals surface area contributed by atoms with Gasteiger partial charge in [0, 0.05) is 0 Å². The third-order valence-corrected chi connectivity index (χ3v) is 8.40. The van der Waals surface area contributed by atoms with E-state index >= 15 is 0 Å². The third-order valence-electron chi connectivity index (χ3n) is 7.50. The lowest BCUT2D eigenvalue weighted by molar-refractivity contribution is -0.309. The summed E-state index contributed by atoms with van der Waals surface area (Å²) in [6.07, 6.45) is -4.38. The van der Waals surface area contributed by atoms with Gasteiger partial charge >= 0.3 is 11.4 Å². The van der Waals surface area contributed by atoms with Gasteiger partial charge in [0.1, 0.15) is 11.7 Å². The molecule has 0 saturated heterocycles. The minimum Gasteiger partial charge on any atom is -0.743 e. The highest BCUT2D eigenvalue weighted by Crippen LogP contribution is 2.69. The normalized spacial score (nSPS) is 32.9. The van der Waals surface area contributed by atoms with Crippen LogP contribution in [0.15, 0.2) is 30.8 Å². The molecular weight excluding hydrogens is 483 g/mol. The highest BCUT2D eigenvalue weighted by molar-refractivity contribution is 7.86. The van der Waals surface area contributed by atoms with E-state index in [4.69, 9.17) is 9.47 Å². The Kier molecular flexibility index (Phi) is 6.09. The minimum absolute atomic E-state index is 0.220. The van der Waals surface area contributed by atoms with E-state index in [1.54, 1.807) is 37.3 Å². The molecule has 4 bridgehead atoms. The number of halogens is 5. The summed E-state index contributed by atoms with van der Waals surface area (Å²) in [4.78, 5) is 0. The summed E-state index contributed by atoms with van der Waals surface area (Å²) in [7, 11) is -6.54. The van der Waals surface area contributed by atoms with Gasteiger partial charge in [0.05, 0.1) is 5.60 Å². The first-order valence-corrected chi connectivity index (χ1v) is 12.5. The van der Waals surface area contributed by atoms with Crippen molar-refractivity contribution in [1.29, 1.82) is 0 Å². The topological polar surface area (TPSA) is 75.7 Å². The molecule has 1 aromatic rings. The molecule has 5 nitrogen and oxygen atoms in total. The first-order valence-electron chi connectivity index (χ1n) is 11.1. The summed E-state index contributed by atoms with van der Waals surface area (Å²) >= 11 is 0. The molecule has 1 aromatic carbocycles. The lowest BCUT2D eigenvalue weighted by atomic mass is 9.44. The van der Waals surface area contributed by atoms with Gasteiger partial charge in [-0.2, -0.15) is 22.0 Å². The molecule has 0 radical (unpaired) electrons. The molecule has 4 aliphatic carbocycles. The number of benzene rings is 1. The third kappa shape index (κ3) is 4.46. The van der Waals surface area contributed by atoms with Gasteiger partial charge in [0.2, 0.25) is 0 Å². The Hall–Kier alpha value is -1.72. The Morgan fingerprint density at radius 2 is 1.65 bits per heavy atom. The first-order chi connectivity index (χ1) is 15.6. The summed E-state index contributed by atoms with van der Waals surface area (Å²) in [5.41, 5.74) is -2.41. The molecule has 4 atom stereocenters. The number of ether oxygens (including phenoxy) is 2. The smallest absolute Gasteiger partial charge is 0.399 e. The predicted molar refractivity (Wildman–Crippen MR) is 112 cm³/mol. The zero-order valence-electron chi connectivity index (χ0n) is 18.5. The Morgan fingerprint density at radius 3 is 2.12 bits per heavy atom. The van der Waals surface area contributed by atoms with Crippen molar-refractivity contribution in [3.05, 3.63) is 36.4 Å². The molecule has 11 heteroatoms. The maximum Gasteiger partial charge on any atom is 0.399 e. The van der Waals surface area contributed by atoms with Gasteiger partial charge in [-0.3, -0.25) is 0 Å². The van der Waals surface area contributed by atoms with Crippen molar-refractivity contribution in [3.63, 3.8) is 0 Å². The van der Waals surface area contributed by atoms with Crippen LogP contribution in [0.4, 0.5) is 22.0 Å². The Bertz CT molecular complexity index is 1020. The molecule has 4 unspecified atom stereocenters. The van der Waals surface area contributed by atoms with E-state index in [0.717, 1.165) is 5.56 Å². The molecule has 4 fully saturated rings. The average Bonchev–Trinajstić information content (AvgIpc) is 2.64. The predicted octanol–water partition coefficient (Wildman–Crippen LogP) is 5.73. The van der Waals surface area contributed by atoms with E-state index in [9.17, 15) is 34.9 Å². The van der Waals surface area contributed by atoms with Gasteiger partial charge in [0.25, 0.3) is 0 Å². The Labute approximate surface area is 195 Å². The van der Waals surface area contributed by atoms with Gasteiger partial charge in [-0.15, -0.1) is 0 Å². The number of hydrogen-bond donors (Lipinski definition) is 0. The van der Waals surface area contributed by atoms with Crippen LogP contribution in [0.1, 0.15) is 51.0 Å². The molecule has 5 rings (SSSR count). The van der Waals surface area contributed by atoms with E-state index < -0.39 is 51.2 Å². The van der Waals surface area contributed by atoms with Crippen LogP contribution >= 0.6 is 0 Å². The fourth-order valence-electron chi connectivity index (χ4n) is 7.01. The van der Waals surface area contributed by atoms with Crippen LogP contribution in [0, 0.1) is 23.2 Å². The monoisotopic (exact) mass is 509 g/mol. The Balaban J connectivity index is 1.63. The molecule has 0 N–H and O–H groups in total. The molecule has 190 valence electrons.